The first-order valence-corrected chi connectivity index (χ1v) is 12.0. The Morgan fingerprint density at radius 3 is 2.19 bits per heavy atom. The molecule has 0 aliphatic carbocycles. The fourth-order valence-electron chi connectivity index (χ4n) is 3.97. The van der Waals surface area contributed by atoms with Gasteiger partial charge in [0, 0.05) is 24.1 Å². The number of benzene rings is 2. The minimum Gasteiger partial charge on any atom is -0.507 e. The van der Waals surface area contributed by atoms with Crippen molar-refractivity contribution in [3.05, 3.63) is 46.5 Å². The first kappa shape index (κ1) is 25.7. The molecule has 0 saturated carbocycles. The van der Waals surface area contributed by atoms with E-state index in [4.69, 9.17) is 4.74 Å². The third-order valence-electron chi connectivity index (χ3n) is 5.63. The molecule has 3 N–H and O–H groups in total. The summed E-state index contributed by atoms with van der Waals surface area (Å²) in [7, 11) is 0. The Hall–Kier alpha value is -2.53. The Labute approximate surface area is 192 Å². The molecular weight excluding hydrogens is 402 g/mol. The summed E-state index contributed by atoms with van der Waals surface area (Å²) in [6.07, 6.45) is 5.46. The summed E-state index contributed by atoms with van der Waals surface area (Å²) in [6, 6.07) is 8.14. The topological polar surface area (TPSA) is 78.8 Å². The molecule has 0 heterocycles. The molecule has 0 aliphatic rings. The molecule has 0 spiro atoms. The highest BCUT2D eigenvalue weighted by molar-refractivity contribution is 5.75. The van der Waals surface area contributed by atoms with Gasteiger partial charge in [0.1, 0.15) is 11.5 Å². The lowest BCUT2D eigenvalue weighted by molar-refractivity contribution is -0.143. The van der Waals surface area contributed by atoms with Crippen LogP contribution in [-0.4, -0.2) is 29.3 Å². The number of ether oxygens (including phenoxy) is 1. The van der Waals surface area contributed by atoms with E-state index in [0.717, 1.165) is 59.9 Å². The van der Waals surface area contributed by atoms with Gasteiger partial charge in [-0.25, -0.2) is 0 Å². The molecule has 0 fully saturated rings. The number of hydrogen-bond acceptors (Lipinski definition) is 5. The van der Waals surface area contributed by atoms with Gasteiger partial charge in [0.05, 0.1) is 6.61 Å². The molecule has 176 valence electrons. The van der Waals surface area contributed by atoms with Gasteiger partial charge in [-0.3, -0.25) is 4.79 Å². The molecule has 0 aliphatic heterocycles. The highest BCUT2D eigenvalue weighted by atomic mass is 16.5. The van der Waals surface area contributed by atoms with E-state index in [-0.39, 0.29) is 5.97 Å². The van der Waals surface area contributed by atoms with Gasteiger partial charge in [-0.2, -0.15) is 0 Å². The van der Waals surface area contributed by atoms with E-state index in [1.807, 2.05) is 12.1 Å². The highest BCUT2D eigenvalue weighted by Crippen LogP contribution is 2.38. The van der Waals surface area contributed by atoms with E-state index in [1.165, 1.54) is 5.56 Å². The smallest absolute Gasteiger partial charge is 0.305 e. The van der Waals surface area contributed by atoms with Crippen molar-refractivity contribution in [2.75, 3.05) is 13.2 Å². The van der Waals surface area contributed by atoms with Gasteiger partial charge < -0.3 is 20.3 Å². The van der Waals surface area contributed by atoms with Crippen LogP contribution in [0.25, 0.3) is 11.1 Å². The number of carbonyl (C=O) groups excluding carboxylic acids is 1. The Balaban J connectivity index is 2.30. The van der Waals surface area contributed by atoms with E-state index < -0.39 is 0 Å². The van der Waals surface area contributed by atoms with E-state index in [2.05, 4.69) is 38.2 Å². The van der Waals surface area contributed by atoms with Crippen molar-refractivity contribution in [3.8, 4) is 22.6 Å². The predicted molar refractivity (Wildman–Crippen MR) is 130 cm³/mol. The van der Waals surface area contributed by atoms with Crippen molar-refractivity contribution in [2.45, 2.75) is 79.2 Å². The molecule has 0 amide bonds. The van der Waals surface area contributed by atoms with Crippen LogP contribution in [0.2, 0.25) is 0 Å². The van der Waals surface area contributed by atoms with Crippen LogP contribution in [0, 0.1) is 0 Å². The van der Waals surface area contributed by atoms with Crippen molar-refractivity contribution < 1.29 is 19.7 Å². The van der Waals surface area contributed by atoms with Gasteiger partial charge in [0.2, 0.25) is 0 Å². The van der Waals surface area contributed by atoms with Gasteiger partial charge in [0.25, 0.3) is 0 Å². The lowest BCUT2D eigenvalue weighted by Crippen LogP contribution is -2.17. The molecule has 32 heavy (non-hydrogen) atoms. The number of esters is 1. The molecule has 0 aromatic heterocycles. The number of aryl methyl sites for hydroxylation is 3. The Morgan fingerprint density at radius 1 is 0.906 bits per heavy atom. The van der Waals surface area contributed by atoms with Crippen molar-refractivity contribution in [1.82, 2.24) is 5.32 Å². The Kier molecular flexibility index (Phi) is 10.5. The number of nitrogens with one attached hydrogen (secondary N) is 1. The fourth-order valence-corrected chi connectivity index (χ4v) is 3.97. The third-order valence-corrected chi connectivity index (χ3v) is 5.63. The molecule has 0 saturated heterocycles. The Morgan fingerprint density at radius 2 is 1.56 bits per heavy atom. The summed E-state index contributed by atoms with van der Waals surface area (Å²) in [5, 5.41) is 25.2. The second kappa shape index (κ2) is 13.1. The van der Waals surface area contributed by atoms with Gasteiger partial charge in [-0.05, 0) is 79.6 Å². The quantitative estimate of drug-likeness (QED) is 0.276. The van der Waals surface area contributed by atoms with Crippen molar-refractivity contribution in [2.24, 2.45) is 0 Å². The van der Waals surface area contributed by atoms with Gasteiger partial charge in [-0.1, -0.05) is 39.7 Å². The number of aromatic hydroxyl groups is 2. The van der Waals surface area contributed by atoms with Gasteiger partial charge in [0.15, 0.2) is 0 Å². The molecular formula is C27H39NO4. The molecule has 2 rings (SSSR count). The van der Waals surface area contributed by atoms with Crippen LogP contribution in [0.1, 0.15) is 75.6 Å². The zero-order valence-electron chi connectivity index (χ0n) is 20.1. The van der Waals surface area contributed by atoms with E-state index >= 15 is 0 Å². The van der Waals surface area contributed by atoms with E-state index in [1.54, 1.807) is 6.92 Å². The molecule has 5 nitrogen and oxygen atoms in total. The molecule has 0 atom stereocenters. The molecule has 0 bridgehead atoms. The second-order valence-corrected chi connectivity index (χ2v) is 8.23. The summed E-state index contributed by atoms with van der Waals surface area (Å²) in [6.45, 7) is 9.68. The van der Waals surface area contributed by atoms with Crippen LogP contribution in [0.3, 0.4) is 0 Å². The monoisotopic (exact) mass is 441 g/mol. The zero-order chi connectivity index (χ0) is 23.5. The predicted octanol–water partition coefficient (Wildman–Crippen LogP) is 5.67. The maximum atomic E-state index is 11.5. The summed E-state index contributed by atoms with van der Waals surface area (Å²) in [5.74, 6) is 0.470. The summed E-state index contributed by atoms with van der Waals surface area (Å²) < 4.78 is 4.96. The SMILES string of the molecule is CCCc1cc(-c2cc(CC)cc(CCC)c2O)cc(CNCCCC(=O)OCC)c1O. The molecule has 2 aromatic carbocycles. The van der Waals surface area contributed by atoms with Crippen LogP contribution in [0.5, 0.6) is 11.5 Å². The Bertz CT molecular complexity index is 892. The van der Waals surface area contributed by atoms with Crippen LogP contribution in [0.4, 0.5) is 0 Å². The van der Waals surface area contributed by atoms with Crippen molar-refractivity contribution >= 4 is 5.97 Å². The van der Waals surface area contributed by atoms with E-state index in [9.17, 15) is 15.0 Å². The van der Waals surface area contributed by atoms with Crippen molar-refractivity contribution in [1.29, 1.82) is 0 Å². The zero-order valence-corrected chi connectivity index (χ0v) is 20.1. The average Bonchev–Trinajstić information content (AvgIpc) is 2.77. The molecule has 0 unspecified atom stereocenters. The highest BCUT2D eigenvalue weighted by Gasteiger charge is 2.16. The standard InChI is InChI=1S/C27H39NO4/c1-5-10-20-14-19(7-3)15-24(27(20)31)22-16-21(11-6-2)26(30)23(17-22)18-28-13-9-12-25(29)32-8-4/h14-17,28,30-31H,5-13,18H2,1-4H3. The van der Waals surface area contributed by atoms with Crippen LogP contribution >= 0.6 is 0 Å². The van der Waals surface area contributed by atoms with Gasteiger partial charge in [-0.15, -0.1) is 0 Å². The second-order valence-electron chi connectivity index (χ2n) is 8.23. The summed E-state index contributed by atoms with van der Waals surface area (Å²) >= 11 is 0. The third kappa shape index (κ3) is 6.99. The lowest BCUT2D eigenvalue weighted by Gasteiger charge is -2.17. The first-order valence-electron chi connectivity index (χ1n) is 12.0. The number of phenolic OH excluding ortho intramolecular Hbond substituents is 2. The summed E-state index contributed by atoms with van der Waals surface area (Å²) in [4.78, 5) is 11.5. The summed E-state index contributed by atoms with van der Waals surface area (Å²) in [5.41, 5.74) is 5.64. The fraction of sp³-hybridized carbons (Fsp3) is 0.519. The minimum absolute atomic E-state index is 0.182. The van der Waals surface area contributed by atoms with Crippen LogP contribution in [0.15, 0.2) is 24.3 Å². The van der Waals surface area contributed by atoms with Crippen LogP contribution in [-0.2, 0) is 35.3 Å². The van der Waals surface area contributed by atoms with Crippen molar-refractivity contribution in [3.63, 3.8) is 0 Å². The number of carbonyl (C=O) groups is 1. The van der Waals surface area contributed by atoms with Gasteiger partial charge >= 0.3 is 5.97 Å². The number of rotatable bonds is 13. The number of hydrogen-bond donors (Lipinski definition) is 3. The normalized spacial score (nSPS) is 11.0. The maximum Gasteiger partial charge on any atom is 0.305 e. The largest absolute Gasteiger partial charge is 0.507 e. The van der Waals surface area contributed by atoms with Crippen LogP contribution < -0.4 is 5.32 Å². The first-order chi connectivity index (χ1) is 15.4. The minimum atomic E-state index is -0.182. The molecule has 0 radical (unpaired) electrons. The van der Waals surface area contributed by atoms with E-state index in [0.29, 0.717) is 44.0 Å². The average molecular weight is 442 g/mol. The molecule has 2 aromatic rings. The lowest BCUT2D eigenvalue weighted by atomic mass is 9.92. The molecule has 5 heteroatoms. The number of phenols is 2. The maximum absolute atomic E-state index is 11.5.